The van der Waals surface area contributed by atoms with Crippen LogP contribution in [0.1, 0.15) is 34.1 Å². The predicted octanol–water partition coefficient (Wildman–Crippen LogP) is 1.39. The third kappa shape index (κ3) is 4.46. The Morgan fingerprint density at radius 2 is 2.00 bits per heavy atom. The van der Waals surface area contributed by atoms with Crippen LogP contribution in [-0.2, 0) is 0 Å². The molecule has 0 radical (unpaired) electrons. The molecule has 0 aromatic carbocycles. The molecule has 14 heavy (non-hydrogen) atoms. The molecule has 0 aromatic heterocycles. The lowest BCUT2D eigenvalue weighted by Gasteiger charge is -2.22. The lowest BCUT2D eigenvalue weighted by atomic mass is 10.0. The van der Waals surface area contributed by atoms with Crippen LogP contribution in [0, 0.1) is 11.8 Å². The summed E-state index contributed by atoms with van der Waals surface area (Å²) < 4.78 is 0. The molecule has 0 saturated carbocycles. The molecule has 0 bridgehead atoms. The average molecular weight is 201 g/mol. The van der Waals surface area contributed by atoms with Gasteiger partial charge in [-0.25, -0.2) is 0 Å². The first-order valence-corrected chi connectivity index (χ1v) is 5.23. The van der Waals surface area contributed by atoms with Crippen molar-refractivity contribution in [3.8, 4) is 0 Å². The molecule has 4 heteroatoms. The third-order valence-corrected chi connectivity index (χ3v) is 2.55. The SMILES string of the molecule is CCC(NCC(C)C(N)=NO)C(C)C. The Labute approximate surface area is 86.6 Å². The zero-order valence-corrected chi connectivity index (χ0v) is 9.62. The van der Waals surface area contributed by atoms with Crippen molar-refractivity contribution in [2.45, 2.75) is 40.2 Å². The van der Waals surface area contributed by atoms with Gasteiger partial charge in [-0.1, -0.05) is 32.9 Å². The van der Waals surface area contributed by atoms with Crippen molar-refractivity contribution in [3.63, 3.8) is 0 Å². The predicted molar refractivity (Wildman–Crippen MR) is 59.5 cm³/mol. The first kappa shape index (κ1) is 13.2. The van der Waals surface area contributed by atoms with Gasteiger partial charge in [-0.3, -0.25) is 0 Å². The van der Waals surface area contributed by atoms with Gasteiger partial charge in [-0.15, -0.1) is 0 Å². The molecular weight excluding hydrogens is 178 g/mol. The van der Waals surface area contributed by atoms with E-state index < -0.39 is 0 Å². The summed E-state index contributed by atoms with van der Waals surface area (Å²) >= 11 is 0. The minimum absolute atomic E-state index is 0.0767. The summed E-state index contributed by atoms with van der Waals surface area (Å²) in [4.78, 5) is 0. The van der Waals surface area contributed by atoms with E-state index in [4.69, 9.17) is 10.9 Å². The van der Waals surface area contributed by atoms with Crippen LogP contribution >= 0.6 is 0 Å². The van der Waals surface area contributed by atoms with E-state index in [9.17, 15) is 0 Å². The molecule has 2 unspecified atom stereocenters. The maximum atomic E-state index is 8.47. The van der Waals surface area contributed by atoms with Crippen molar-refractivity contribution in [1.29, 1.82) is 0 Å². The molecule has 0 amide bonds. The maximum absolute atomic E-state index is 8.47. The number of nitrogens with zero attached hydrogens (tertiary/aromatic N) is 1. The first-order valence-electron chi connectivity index (χ1n) is 5.23. The molecular formula is C10H23N3O. The highest BCUT2D eigenvalue weighted by molar-refractivity contribution is 5.82. The second-order valence-corrected chi connectivity index (χ2v) is 4.09. The highest BCUT2D eigenvalue weighted by Gasteiger charge is 2.13. The number of oxime groups is 1. The second kappa shape index (κ2) is 6.65. The average Bonchev–Trinajstić information content (AvgIpc) is 2.16. The van der Waals surface area contributed by atoms with Gasteiger partial charge >= 0.3 is 0 Å². The van der Waals surface area contributed by atoms with Crippen molar-refractivity contribution in [2.75, 3.05) is 6.54 Å². The molecule has 0 aliphatic rings. The molecule has 0 heterocycles. The quantitative estimate of drug-likeness (QED) is 0.263. The largest absolute Gasteiger partial charge is 0.409 e. The molecule has 0 aromatic rings. The van der Waals surface area contributed by atoms with Crippen molar-refractivity contribution >= 4 is 5.84 Å². The zero-order chi connectivity index (χ0) is 11.1. The summed E-state index contributed by atoms with van der Waals surface area (Å²) in [5, 5.41) is 14.9. The summed E-state index contributed by atoms with van der Waals surface area (Å²) in [5.41, 5.74) is 5.48. The van der Waals surface area contributed by atoms with Gasteiger partial charge in [0.2, 0.25) is 0 Å². The fourth-order valence-electron chi connectivity index (χ4n) is 1.38. The Morgan fingerprint density at radius 3 is 2.36 bits per heavy atom. The lowest BCUT2D eigenvalue weighted by Crippen LogP contribution is -2.39. The molecule has 4 nitrogen and oxygen atoms in total. The summed E-state index contributed by atoms with van der Waals surface area (Å²) in [6, 6.07) is 0.504. The van der Waals surface area contributed by atoms with Crippen LogP contribution < -0.4 is 11.1 Å². The topological polar surface area (TPSA) is 70.6 Å². The van der Waals surface area contributed by atoms with Crippen LogP contribution in [-0.4, -0.2) is 23.6 Å². The number of hydrogen-bond acceptors (Lipinski definition) is 3. The number of rotatable bonds is 6. The van der Waals surface area contributed by atoms with E-state index in [0.717, 1.165) is 13.0 Å². The molecule has 0 fully saturated rings. The monoisotopic (exact) mass is 201 g/mol. The molecule has 0 saturated heterocycles. The van der Waals surface area contributed by atoms with Gasteiger partial charge in [0, 0.05) is 18.5 Å². The van der Waals surface area contributed by atoms with E-state index >= 15 is 0 Å². The third-order valence-electron chi connectivity index (χ3n) is 2.55. The van der Waals surface area contributed by atoms with Gasteiger partial charge in [-0.05, 0) is 12.3 Å². The number of hydrogen-bond donors (Lipinski definition) is 3. The zero-order valence-electron chi connectivity index (χ0n) is 9.62. The van der Waals surface area contributed by atoms with Crippen molar-refractivity contribution in [3.05, 3.63) is 0 Å². The fraction of sp³-hybridized carbons (Fsp3) is 0.900. The van der Waals surface area contributed by atoms with Gasteiger partial charge in [0.25, 0.3) is 0 Å². The molecule has 0 rings (SSSR count). The summed E-state index contributed by atoms with van der Waals surface area (Å²) in [6.45, 7) is 9.23. The smallest absolute Gasteiger partial charge is 0.143 e. The molecule has 0 spiro atoms. The maximum Gasteiger partial charge on any atom is 0.143 e. The van der Waals surface area contributed by atoms with E-state index in [-0.39, 0.29) is 11.8 Å². The highest BCUT2D eigenvalue weighted by Crippen LogP contribution is 2.06. The van der Waals surface area contributed by atoms with E-state index in [1.54, 1.807) is 0 Å². The second-order valence-electron chi connectivity index (χ2n) is 4.09. The Hall–Kier alpha value is -0.770. The summed E-state index contributed by atoms with van der Waals surface area (Å²) in [6.07, 6.45) is 1.10. The Bertz CT molecular complexity index is 180. The molecule has 0 aliphatic carbocycles. The van der Waals surface area contributed by atoms with Crippen LogP contribution in [0.25, 0.3) is 0 Å². The van der Waals surface area contributed by atoms with Crippen molar-refractivity contribution < 1.29 is 5.21 Å². The molecule has 0 aliphatic heterocycles. The highest BCUT2D eigenvalue weighted by atomic mass is 16.4. The van der Waals surface area contributed by atoms with Gasteiger partial charge in [0.1, 0.15) is 5.84 Å². The Morgan fingerprint density at radius 1 is 1.43 bits per heavy atom. The number of amidine groups is 1. The normalized spacial score (nSPS) is 17.1. The summed E-state index contributed by atoms with van der Waals surface area (Å²) in [7, 11) is 0. The van der Waals surface area contributed by atoms with Gasteiger partial charge in [0.05, 0.1) is 0 Å². The van der Waals surface area contributed by atoms with E-state index in [1.807, 2.05) is 6.92 Å². The van der Waals surface area contributed by atoms with Gasteiger partial charge in [-0.2, -0.15) is 0 Å². The Balaban J connectivity index is 3.91. The molecule has 84 valence electrons. The summed E-state index contributed by atoms with van der Waals surface area (Å²) in [5.74, 6) is 0.975. The van der Waals surface area contributed by atoms with Crippen LogP contribution in [0.3, 0.4) is 0 Å². The van der Waals surface area contributed by atoms with Crippen molar-refractivity contribution in [2.24, 2.45) is 22.7 Å². The first-order chi connectivity index (χ1) is 6.52. The fourth-order valence-corrected chi connectivity index (χ4v) is 1.38. The van der Waals surface area contributed by atoms with Crippen LogP contribution in [0.15, 0.2) is 5.16 Å². The lowest BCUT2D eigenvalue weighted by molar-refractivity contribution is 0.312. The standard InChI is InChI=1S/C10H23N3O/c1-5-9(7(2)3)12-6-8(4)10(11)13-14/h7-9,12,14H,5-6H2,1-4H3,(H2,11,13). The van der Waals surface area contributed by atoms with Crippen LogP contribution in [0.5, 0.6) is 0 Å². The minimum atomic E-state index is 0.0767. The molecule has 2 atom stereocenters. The number of nitrogens with one attached hydrogen (secondary N) is 1. The van der Waals surface area contributed by atoms with E-state index in [2.05, 4.69) is 31.2 Å². The van der Waals surface area contributed by atoms with E-state index in [0.29, 0.717) is 12.0 Å². The van der Waals surface area contributed by atoms with Crippen molar-refractivity contribution in [1.82, 2.24) is 5.32 Å². The van der Waals surface area contributed by atoms with Gasteiger partial charge in [0.15, 0.2) is 0 Å². The van der Waals surface area contributed by atoms with Gasteiger partial charge < -0.3 is 16.3 Å². The Kier molecular flexibility index (Phi) is 6.28. The van der Waals surface area contributed by atoms with E-state index in [1.165, 1.54) is 0 Å². The van der Waals surface area contributed by atoms with Crippen LogP contribution in [0.2, 0.25) is 0 Å². The van der Waals surface area contributed by atoms with Crippen LogP contribution in [0.4, 0.5) is 0 Å². The number of nitrogens with two attached hydrogens (primary N) is 1. The minimum Gasteiger partial charge on any atom is -0.409 e. The molecule has 4 N–H and O–H groups in total.